The third-order valence-corrected chi connectivity index (χ3v) is 8.22. The van der Waals surface area contributed by atoms with Crippen molar-refractivity contribution in [2.24, 2.45) is 0 Å². The minimum Gasteiger partial charge on any atom is -0.493 e. The van der Waals surface area contributed by atoms with Crippen LogP contribution in [0.4, 0.5) is 5.95 Å². The van der Waals surface area contributed by atoms with Crippen molar-refractivity contribution in [1.29, 1.82) is 0 Å². The second kappa shape index (κ2) is 9.06. The number of hydrogen-bond donors (Lipinski definition) is 0. The van der Waals surface area contributed by atoms with Gasteiger partial charge in [-0.2, -0.15) is 4.31 Å². The Morgan fingerprint density at radius 1 is 0.966 bits per heavy atom. The molecular formula is C18H24N4O5S2. The van der Waals surface area contributed by atoms with Crippen molar-refractivity contribution in [3.05, 3.63) is 42.7 Å². The minimum absolute atomic E-state index is 0.0335. The Kier molecular flexibility index (Phi) is 6.70. The van der Waals surface area contributed by atoms with Crippen molar-refractivity contribution < 1.29 is 21.6 Å². The summed E-state index contributed by atoms with van der Waals surface area (Å²) in [5.41, 5.74) is 0. The van der Waals surface area contributed by atoms with Gasteiger partial charge in [-0.3, -0.25) is 0 Å². The zero-order valence-corrected chi connectivity index (χ0v) is 17.8. The molecule has 3 rings (SSSR count). The van der Waals surface area contributed by atoms with E-state index in [9.17, 15) is 16.8 Å². The molecule has 0 saturated carbocycles. The quantitative estimate of drug-likeness (QED) is 0.593. The van der Waals surface area contributed by atoms with Gasteiger partial charge in [-0.15, -0.1) is 0 Å². The number of anilines is 1. The number of sulfone groups is 1. The summed E-state index contributed by atoms with van der Waals surface area (Å²) in [4.78, 5) is 10.5. The standard InChI is InChI=1S/C18H24N4O5S2/c1-2-28(23,24)15-14-27-16-4-6-17(7-5-16)29(25,26)22-12-10-21(11-13-22)18-19-8-3-9-20-18/h3-9H,2,10-15H2,1H3. The Morgan fingerprint density at radius 2 is 1.59 bits per heavy atom. The second-order valence-electron chi connectivity index (χ2n) is 6.50. The van der Waals surface area contributed by atoms with E-state index in [1.54, 1.807) is 37.5 Å². The van der Waals surface area contributed by atoms with E-state index in [1.807, 2.05) is 4.90 Å². The predicted molar refractivity (Wildman–Crippen MR) is 109 cm³/mol. The number of aromatic nitrogens is 2. The Morgan fingerprint density at radius 3 is 2.17 bits per heavy atom. The molecule has 1 aromatic heterocycles. The van der Waals surface area contributed by atoms with Gasteiger partial charge in [0.25, 0.3) is 0 Å². The Hall–Kier alpha value is -2.24. The first-order valence-electron chi connectivity index (χ1n) is 9.27. The van der Waals surface area contributed by atoms with Crippen LogP contribution in [0.5, 0.6) is 5.75 Å². The Labute approximate surface area is 171 Å². The van der Waals surface area contributed by atoms with Gasteiger partial charge in [-0.25, -0.2) is 26.8 Å². The van der Waals surface area contributed by atoms with Gasteiger partial charge in [0.05, 0.1) is 10.6 Å². The van der Waals surface area contributed by atoms with Crippen molar-refractivity contribution in [1.82, 2.24) is 14.3 Å². The molecule has 2 aromatic rings. The molecule has 0 atom stereocenters. The molecule has 0 radical (unpaired) electrons. The maximum atomic E-state index is 12.9. The van der Waals surface area contributed by atoms with Crippen LogP contribution in [0.3, 0.4) is 0 Å². The van der Waals surface area contributed by atoms with Crippen molar-refractivity contribution in [2.75, 3.05) is 49.2 Å². The smallest absolute Gasteiger partial charge is 0.243 e. The van der Waals surface area contributed by atoms with Gasteiger partial charge < -0.3 is 9.64 Å². The van der Waals surface area contributed by atoms with E-state index < -0.39 is 19.9 Å². The summed E-state index contributed by atoms with van der Waals surface area (Å²) in [7, 11) is -6.72. The SMILES string of the molecule is CCS(=O)(=O)CCOc1ccc(S(=O)(=O)N2CCN(c3ncccn3)CC2)cc1. The van der Waals surface area contributed by atoms with Crippen LogP contribution in [-0.4, -0.2) is 75.4 Å². The van der Waals surface area contributed by atoms with Crippen LogP contribution in [-0.2, 0) is 19.9 Å². The normalized spacial score (nSPS) is 16.0. The van der Waals surface area contributed by atoms with Gasteiger partial charge in [0, 0.05) is 44.3 Å². The fraction of sp³-hybridized carbons (Fsp3) is 0.444. The van der Waals surface area contributed by atoms with Gasteiger partial charge in [0.1, 0.15) is 12.4 Å². The molecule has 1 aliphatic heterocycles. The fourth-order valence-corrected chi connectivity index (χ4v) is 4.92. The molecule has 29 heavy (non-hydrogen) atoms. The largest absolute Gasteiger partial charge is 0.493 e. The summed E-state index contributed by atoms with van der Waals surface area (Å²) < 4.78 is 55.6. The van der Waals surface area contributed by atoms with E-state index in [2.05, 4.69) is 9.97 Å². The van der Waals surface area contributed by atoms with Crippen LogP contribution < -0.4 is 9.64 Å². The van der Waals surface area contributed by atoms with Crippen molar-refractivity contribution in [3.63, 3.8) is 0 Å². The third-order valence-electron chi connectivity index (χ3n) is 4.64. The molecular weight excluding hydrogens is 416 g/mol. The van der Waals surface area contributed by atoms with E-state index in [0.29, 0.717) is 37.9 Å². The molecule has 1 aliphatic rings. The second-order valence-corrected chi connectivity index (χ2v) is 10.9. The fourth-order valence-electron chi connectivity index (χ4n) is 2.87. The zero-order chi connectivity index (χ0) is 20.9. The molecule has 9 nitrogen and oxygen atoms in total. The first-order valence-corrected chi connectivity index (χ1v) is 12.5. The lowest BCUT2D eigenvalue weighted by molar-refractivity contribution is 0.340. The minimum atomic E-state index is -3.62. The lowest BCUT2D eigenvalue weighted by Gasteiger charge is -2.33. The number of hydrogen-bond acceptors (Lipinski definition) is 8. The molecule has 0 unspecified atom stereocenters. The average molecular weight is 441 g/mol. The molecule has 1 fully saturated rings. The highest BCUT2D eigenvalue weighted by molar-refractivity contribution is 7.91. The summed E-state index contributed by atoms with van der Waals surface area (Å²) in [6.45, 7) is 3.32. The molecule has 0 spiro atoms. The summed E-state index contributed by atoms with van der Waals surface area (Å²) in [5, 5.41) is 0. The highest BCUT2D eigenvalue weighted by atomic mass is 32.2. The first-order chi connectivity index (χ1) is 13.8. The Balaban J connectivity index is 1.58. The van der Waals surface area contributed by atoms with E-state index in [0.717, 1.165) is 0 Å². The van der Waals surface area contributed by atoms with Crippen molar-refractivity contribution >= 4 is 25.8 Å². The van der Waals surface area contributed by atoms with Gasteiger partial charge in [-0.05, 0) is 30.3 Å². The van der Waals surface area contributed by atoms with Crippen LogP contribution in [0.25, 0.3) is 0 Å². The Bertz CT molecular complexity index is 1000. The number of nitrogens with zero attached hydrogens (tertiary/aromatic N) is 4. The summed E-state index contributed by atoms with van der Waals surface area (Å²) >= 11 is 0. The van der Waals surface area contributed by atoms with Crippen LogP contribution in [0.1, 0.15) is 6.92 Å². The summed E-state index contributed by atoms with van der Waals surface area (Å²) in [6.07, 6.45) is 3.32. The van der Waals surface area contributed by atoms with Gasteiger partial charge in [-0.1, -0.05) is 6.92 Å². The number of sulfonamides is 1. The molecule has 11 heteroatoms. The first kappa shape index (κ1) is 21.5. The van der Waals surface area contributed by atoms with E-state index in [1.165, 1.54) is 16.4 Å². The van der Waals surface area contributed by atoms with E-state index in [-0.39, 0.29) is 23.0 Å². The van der Waals surface area contributed by atoms with Crippen LogP contribution >= 0.6 is 0 Å². The monoisotopic (exact) mass is 440 g/mol. The predicted octanol–water partition coefficient (Wildman–Crippen LogP) is 0.801. The van der Waals surface area contributed by atoms with Gasteiger partial charge >= 0.3 is 0 Å². The molecule has 0 amide bonds. The third kappa shape index (κ3) is 5.43. The van der Waals surface area contributed by atoms with Crippen LogP contribution in [0.15, 0.2) is 47.6 Å². The van der Waals surface area contributed by atoms with Crippen molar-refractivity contribution in [3.8, 4) is 5.75 Å². The van der Waals surface area contributed by atoms with E-state index in [4.69, 9.17) is 4.74 Å². The molecule has 2 heterocycles. The molecule has 0 N–H and O–H groups in total. The molecule has 1 saturated heterocycles. The molecule has 1 aromatic carbocycles. The number of piperazine rings is 1. The molecule has 0 bridgehead atoms. The van der Waals surface area contributed by atoms with Gasteiger partial charge in [0.2, 0.25) is 16.0 Å². The topological polar surface area (TPSA) is 110 Å². The number of ether oxygens (including phenoxy) is 1. The maximum Gasteiger partial charge on any atom is 0.243 e. The number of benzene rings is 1. The summed E-state index contributed by atoms with van der Waals surface area (Å²) in [6, 6.07) is 7.77. The van der Waals surface area contributed by atoms with Crippen LogP contribution in [0.2, 0.25) is 0 Å². The maximum absolute atomic E-state index is 12.9. The summed E-state index contributed by atoms with van der Waals surface area (Å²) in [5.74, 6) is 1.02. The zero-order valence-electron chi connectivity index (χ0n) is 16.1. The molecule has 0 aliphatic carbocycles. The lowest BCUT2D eigenvalue weighted by Crippen LogP contribution is -2.49. The number of rotatable bonds is 8. The average Bonchev–Trinajstić information content (AvgIpc) is 2.75. The highest BCUT2D eigenvalue weighted by Gasteiger charge is 2.29. The van der Waals surface area contributed by atoms with Crippen molar-refractivity contribution in [2.45, 2.75) is 11.8 Å². The highest BCUT2D eigenvalue weighted by Crippen LogP contribution is 2.21. The van der Waals surface area contributed by atoms with Crippen LogP contribution in [0, 0.1) is 0 Å². The van der Waals surface area contributed by atoms with Gasteiger partial charge in [0.15, 0.2) is 9.84 Å². The lowest BCUT2D eigenvalue weighted by atomic mass is 10.3. The molecule has 158 valence electrons. The van der Waals surface area contributed by atoms with E-state index >= 15 is 0 Å².